The summed E-state index contributed by atoms with van der Waals surface area (Å²) >= 11 is 0. The lowest BCUT2D eigenvalue weighted by atomic mass is 9.96. The average molecular weight is 609 g/mol. The molecule has 2 aromatic rings. The van der Waals surface area contributed by atoms with Crippen LogP contribution in [-0.4, -0.2) is 67.9 Å². The number of hydrogen-bond donors (Lipinski definition) is 3. The van der Waals surface area contributed by atoms with E-state index in [-0.39, 0.29) is 56.2 Å². The number of hydrogen-bond acceptors (Lipinski definition) is 8. The fourth-order valence-electron chi connectivity index (χ4n) is 5.10. The van der Waals surface area contributed by atoms with E-state index in [0.717, 1.165) is 40.2 Å². The van der Waals surface area contributed by atoms with Crippen LogP contribution in [-0.2, 0) is 28.7 Å². The fraction of sp³-hybridized carbons (Fsp3) is 0.469. The van der Waals surface area contributed by atoms with E-state index in [4.69, 9.17) is 14.3 Å². The molecular weight excluding hydrogens is 568 g/mol. The zero-order valence-electron chi connectivity index (χ0n) is 25.2. The molecule has 1 heterocycles. The maximum Gasteiger partial charge on any atom is 0.533 e. The average Bonchev–Trinajstić information content (AvgIpc) is 3.17. The van der Waals surface area contributed by atoms with Gasteiger partial charge in [-0.3, -0.25) is 19.2 Å². The van der Waals surface area contributed by atoms with Gasteiger partial charge in [0.05, 0.1) is 0 Å². The van der Waals surface area contributed by atoms with Crippen LogP contribution in [0, 0.1) is 0 Å². The van der Waals surface area contributed by atoms with Crippen LogP contribution in [0.3, 0.4) is 0 Å². The molecule has 44 heavy (non-hydrogen) atoms. The minimum atomic E-state index is -1.05. The predicted octanol–water partition coefficient (Wildman–Crippen LogP) is 4.24. The van der Waals surface area contributed by atoms with E-state index in [1.807, 2.05) is 32.0 Å². The van der Waals surface area contributed by atoms with Crippen LogP contribution in [0.25, 0.3) is 11.1 Å². The van der Waals surface area contributed by atoms with E-state index in [2.05, 4.69) is 16.0 Å². The first-order valence-corrected chi connectivity index (χ1v) is 15.2. The molecule has 1 fully saturated rings. The number of rotatable bonds is 13. The van der Waals surface area contributed by atoms with Crippen molar-refractivity contribution in [3.8, 4) is 11.1 Å². The van der Waals surface area contributed by atoms with Crippen LogP contribution < -0.4 is 16.0 Å². The van der Waals surface area contributed by atoms with Crippen LogP contribution in [0.4, 0.5) is 10.5 Å². The Kier molecular flexibility index (Phi) is 11.7. The third-order valence-corrected chi connectivity index (χ3v) is 7.32. The number of carbonyl (C=O) groups excluding carboxylic acids is 5. The minimum absolute atomic E-state index is 0.0770. The number of carbonyl (C=O) groups is 5. The van der Waals surface area contributed by atoms with E-state index >= 15 is 0 Å². The molecule has 12 nitrogen and oxygen atoms in total. The second-order valence-corrected chi connectivity index (χ2v) is 10.7. The highest BCUT2D eigenvalue weighted by molar-refractivity contribution is 5.96. The van der Waals surface area contributed by atoms with Crippen molar-refractivity contribution in [2.45, 2.75) is 64.7 Å². The molecule has 0 radical (unpaired) electrons. The Labute approximate surface area is 256 Å². The largest absolute Gasteiger partial charge is 0.533 e. The summed E-state index contributed by atoms with van der Waals surface area (Å²) in [5, 5.41) is 9.42. The van der Waals surface area contributed by atoms with Crippen molar-refractivity contribution in [3.63, 3.8) is 0 Å². The monoisotopic (exact) mass is 608 g/mol. The summed E-state index contributed by atoms with van der Waals surface area (Å²) in [7, 11) is 0. The smallest absolute Gasteiger partial charge is 0.432 e. The topological polar surface area (TPSA) is 152 Å². The van der Waals surface area contributed by atoms with Gasteiger partial charge in [0, 0.05) is 56.1 Å². The number of benzene rings is 2. The zero-order valence-corrected chi connectivity index (χ0v) is 25.2. The second-order valence-electron chi connectivity index (χ2n) is 10.7. The Morgan fingerprint density at radius 3 is 2.41 bits per heavy atom. The van der Waals surface area contributed by atoms with Gasteiger partial charge in [0.15, 0.2) is 6.73 Å². The zero-order chi connectivity index (χ0) is 31.5. The molecule has 1 atom stereocenters. The van der Waals surface area contributed by atoms with E-state index in [1.54, 1.807) is 18.2 Å². The van der Waals surface area contributed by atoms with Crippen LogP contribution in [0.15, 0.2) is 36.4 Å². The Bertz CT molecular complexity index is 1380. The van der Waals surface area contributed by atoms with Gasteiger partial charge in [-0.05, 0) is 72.2 Å². The summed E-state index contributed by atoms with van der Waals surface area (Å²) in [5.74, 6) is -1.35. The quantitative estimate of drug-likeness (QED) is 0.286. The van der Waals surface area contributed by atoms with Gasteiger partial charge >= 0.3 is 6.16 Å². The van der Waals surface area contributed by atoms with Crippen LogP contribution >= 0.6 is 0 Å². The molecule has 4 amide bonds. The second kappa shape index (κ2) is 15.9. The lowest BCUT2D eigenvalue weighted by Crippen LogP contribution is -2.34. The summed E-state index contributed by atoms with van der Waals surface area (Å²) in [6.45, 7) is 5.18. The molecule has 0 spiro atoms. The molecule has 0 aromatic heterocycles. The van der Waals surface area contributed by atoms with Gasteiger partial charge in [0.2, 0.25) is 11.8 Å². The third-order valence-electron chi connectivity index (χ3n) is 7.32. The van der Waals surface area contributed by atoms with E-state index in [9.17, 15) is 24.0 Å². The van der Waals surface area contributed by atoms with Crippen molar-refractivity contribution in [2.75, 3.05) is 38.4 Å². The summed E-state index contributed by atoms with van der Waals surface area (Å²) in [5.41, 5.74) is 4.36. The highest BCUT2D eigenvalue weighted by Crippen LogP contribution is 2.46. The molecule has 1 saturated heterocycles. The van der Waals surface area contributed by atoms with Crippen molar-refractivity contribution < 1.29 is 38.3 Å². The van der Waals surface area contributed by atoms with Gasteiger partial charge in [-0.1, -0.05) is 26.0 Å². The number of nitrogens with zero attached hydrogens (tertiary/aromatic N) is 1. The van der Waals surface area contributed by atoms with Crippen LogP contribution in [0.2, 0.25) is 0 Å². The normalized spacial score (nSPS) is 15.5. The Balaban J connectivity index is 1.49. The molecule has 4 rings (SSSR count). The van der Waals surface area contributed by atoms with Crippen LogP contribution in [0.5, 0.6) is 0 Å². The molecule has 2 aromatic carbocycles. The van der Waals surface area contributed by atoms with Crippen molar-refractivity contribution >= 4 is 35.5 Å². The number of fused-ring (bicyclic) bond motifs is 3. The SMILES string of the molecule is CCCNC(=O)CCCC(=O)Nc1ccc2c(c1)C(COC(=O)ON1COCCCC1=O)c1cc(C(=O)NCCC)ccc1-2. The molecule has 236 valence electrons. The lowest BCUT2D eigenvalue weighted by Gasteiger charge is -2.19. The van der Waals surface area contributed by atoms with E-state index in [0.29, 0.717) is 43.8 Å². The standard InChI is InChI=1S/C32H40N4O8/c1-3-14-33-28(37)7-5-8-29(38)35-22-11-13-24-23-12-10-21(31(40)34-15-4-2)17-25(23)27(26(24)18-22)19-43-32(41)44-36-20-42-16-6-9-30(36)39/h10-13,17-18,27H,3-9,14-16,19-20H2,1-2H3,(H,33,37)(H,34,40)(H,35,38). The first kappa shape index (κ1) is 32.5. The molecular formula is C32H40N4O8. The summed E-state index contributed by atoms with van der Waals surface area (Å²) in [6, 6.07) is 10.9. The highest BCUT2D eigenvalue weighted by atomic mass is 16.8. The third kappa shape index (κ3) is 8.56. The van der Waals surface area contributed by atoms with Crippen molar-refractivity contribution in [1.82, 2.24) is 15.7 Å². The molecule has 2 aliphatic rings. The molecule has 0 saturated carbocycles. The predicted molar refractivity (Wildman–Crippen MR) is 161 cm³/mol. The summed E-state index contributed by atoms with van der Waals surface area (Å²) in [4.78, 5) is 67.2. The van der Waals surface area contributed by atoms with Crippen molar-refractivity contribution in [1.29, 1.82) is 0 Å². The summed E-state index contributed by atoms with van der Waals surface area (Å²) < 4.78 is 10.8. The maximum absolute atomic E-state index is 12.7. The highest BCUT2D eigenvalue weighted by Gasteiger charge is 2.32. The molecule has 0 bridgehead atoms. The first-order chi connectivity index (χ1) is 21.3. The van der Waals surface area contributed by atoms with Gasteiger partial charge in [-0.25, -0.2) is 4.79 Å². The number of anilines is 1. The summed E-state index contributed by atoms with van der Waals surface area (Å²) in [6.07, 6.45) is 2.20. The maximum atomic E-state index is 12.7. The molecule has 1 unspecified atom stereocenters. The molecule has 1 aliphatic carbocycles. The Hall–Kier alpha value is -4.45. The van der Waals surface area contributed by atoms with Crippen molar-refractivity contribution in [2.24, 2.45) is 0 Å². The van der Waals surface area contributed by atoms with Gasteiger partial charge in [-0.15, -0.1) is 5.06 Å². The lowest BCUT2D eigenvalue weighted by molar-refractivity contribution is -0.190. The fourth-order valence-corrected chi connectivity index (χ4v) is 5.10. The van der Waals surface area contributed by atoms with Gasteiger partial charge in [0.25, 0.3) is 11.8 Å². The molecule has 1 aliphatic heterocycles. The van der Waals surface area contributed by atoms with E-state index in [1.165, 1.54) is 0 Å². The Morgan fingerprint density at radius 2 is 1.64 bits per heavy atom. The van der Waals surface area contributed by atoms with E-state index < -0.39 is 12.1 Å². The number of amides is 4. The van der Waals surface area contributed by atoms with Crippen molar-refractivity contribution in [3.05, 3.63) is 53.1 Å². The number of ether oxygens (including phenoxy) is 2. The molecule has 3 N–H and O–H groups in total. The van der Waals surface area contributed by atoms with Gasteiger partial charge < -0.3 is 30.3 Å². The van der Waals surface area contributed by atoms with Crippen LogP contribution in [0.1, 0.15) is 86.2 Å². The Morgan fingerprint density at radius 1 is 0.932 bits per heavy atom. The van der Waals surface area contributed by atoms with Gasteiger partial charge in [-0.2, -0.15) is 0 Å². The number of nitrogens with one attached hydrogen (secondary N) is 3. The first-order valence-electron chi connectivity index (χ1n) is 15.2. The van der Waals surface area contributed by atoms with Gasteiger partial charge in [0.1, 0.15) is 6.61 Å². The minimum Gasteiger partial charge on any atom is -0.432 e. The molecule has 12 heteroatoms. The number of hydroxylamine groups is 2.